The van der Waals surface area contributed by atoms with Crippen molar-refractivity contribution in [1.82, 2.24) is 9.88 Å². The number of carbonyl (C=O) groups is 1. The minimum absolute atomic E-state index is 0.0940. The third kappa shape index (κ3) is 3.29. The van der Waals surface area contributed by atoms with Crippen LogP contribution in [0.5, 0.6) is 0 Å². The molecule has 28 heavy (non-hydrogen) atoms. The van der Waals surface area contributed by atoms with Gasteiger partial charge in [0, 0.05) is 48.8 Å². The third-order valence-electron chi connectivity index (χ3n) is 5.40. The van der Waals surface area contributed by atoms with Gasteiger partial charge in [0.2, 0.25) is 5.91 Å². The molecule has 0 bridgehead atoms. The van der Waals surface area contributed by atoms with Crippen LogP contribution in [0.2, 0.25) is 0 Å². The largest absolute Gasteiger partial charge is 0.394 e. The van der Waals surface area contributed by atoms with E-state index >= 15 is 0 Å². The Morgan fingerprint density at radius 2 is 1.82 bits per heavy atom. The molecule has 0 radical (unpaired) electrons. The van der Waals surface area contributed by atoms with Crippen molar-refractivity contribution in [2.75, 3.05) is 18.6 Å². The van der Waals surface area contributed by atoms with Crippen LogP contribution in [0.4, 0.5) is 5.82 Å². The molecule has 0 fully saturated rings. The van der Waals surface area contributed by atoms with Crippen LogP contribution >= 0.6 is 0 Å². The number of aliphatic hydroxyl groups excluding tert-OH is 1. The van der Waals surface area contributed by atoms with Crippen molar-refractivity contribution >= 4 is 22.6 Å². The third-order valence-corrected chi connectivity index (χ3v) is 5.40. The van der Waals surface area contributed by atoms with Crippen LogP contribution in [0.1, 0.15) is 11.1 Å². The number of aliphatic hydroxyl groups is 1. The molecule has 0 aliphatic carbocycles. The fraction of sp³-hybridized carbons (Fsp3) is 0.261. The summed E-state index contributed by atoms with van der Waals surface area (Å²) in [5.74, 6) is 0.987. The number of hydrogen-bond acceptors (Lipinski definition) is 3. The van der Waals surface area contributed by atoms with E-state index in [2.05, 4.69) is 29.1 Å². The number of anilines is 1. The standard InChI is InChI=1S/C23H25N3O2/c1-25-14-17(13-20-19-10-6-7-11-21(19)26(2)23(20)25)22(28)24-18(15-27)12-16-8-4-3-5-9-16/h3-11,14,18,27H,12-13,15H2,1-2H3,(H,24,28)/t18-/m0/s1. The van der Waals surface area contributed by atoms with Crippen molar-refractivity contribution in [1.29, 1.82) is 0 Å². The Morgan fingerprint density at radius 1 is 1.11 bits per heavy atom. The molecule has 0 saturated heterocycles. The van der Waals surface area contributed by atoms with Gasteiger partial charge < -0.3 is 19.9 Å². The minimum Gasteiger partial charge on any atom is -0.394 e. The summed E-state index contributed by atoms with van der Waals surface area (Å²) in [4.78, 5) is 14.9. The molecule has 4 rings (SSSR count). The molecule has 2 heterocycles. The number of aryl methyl sites for hydroxylation is 1. The van der Waals surface area contributed by atoms with Crippen LogP contribution in [-0.2, 0) is 24.7 Å². The first-order valence-corrected chi connectivity index (χ1v) is 9.54. The summed E-state index contributed by atoms with van der Waals surface area (Å²) in [7, 11) is 4.02. The van der Waals surface area contributed by atoms with Gasteiger partial charge in [0.1, 0.15) is 5.82 Å². The van der Waals surface area contributed by atoms with E-state index in [9.17, 15) is 9.90 Å². The van der Waals surface area contributed by atoms with Crippen LogP contribution in [-0.4, -0.2) is 35.3 Å². The van der Waals surface area contributed by atoms with Gasteiger partial charge in [-0.1, -0.05) is 48.5 Å². The average molecular weight is 375 g/mol. The lowest BCUT2D eigenvalue weighted by molar-refractivity contribution is -0.118. The Kier molecular flexibility index (Phi) is 4.92. The zero-order chi connectivity index (χ0) is 19.7. The second kappa shape index (κ2) is 7.52. The van der Waals surface area contributed by atoms with Crippen LogP contribution in [0.3, 0.4) is 0 Å². The molecule has 0 unspecified atom stereocenters. The molecule has 0 spiro atoms. The molecule has 3 aromatic rings. The highest BCUT2D eigenvalue weighted by atomic mass is 16.3. The van der Waals surface area contributed by atoms with Crippen molar-refractivity contribution in [3.05, 3.63) is 77.5 Å². The Morgan fingerprint density at radius 3 is 2.57 bits per heavy atom. The summed E-state index contributed by atoms with van der Waals surface area (Å²) >= 11 is 0. The number of benzene rings is 2. The molecule has 0 saturated carbocycles. The van der Waals surface area contributed by atoms with Gasteiger partial charge in [0.15, 0.2) is 0 Å². The number of hydrogen-bond donors (Lipinski definition) is 2. The van der Waals surface area contributed by atoms with Gasteiger partial charge >= 0.3 is 0 Å². The SMILES string of the molecule is CN1C=C(C(=O)N[C@H](CO)Cc2ccccc2)Cc2c1n(C)c1ccccc21. The van der Waals surface area contributed by atoms with Crippen LogP contribution < -0.4 is 10.2 Å². The van der Waals surface area contributed by atoms with Gasteiger partial charge in [-0.2, -0.15) is 0 Å². The Balaban J connectivity index is 1.55. The molecule has 1 aromatic heterocycles. The fourth-order valence-corrected chi connectivity index (χ4v) is 4.09. The fourth-order valence-electron chi connectivity index (χ4n) is 4.09. The maximum absolute atomic E-state index is 12.9. The highest BCUT2D eigenvalue weighted by Crippen LogP contribution is 2.36. The number of carbonyl (C=O) groups excluding carboxylic acids is 1. The molecule has 2 aromatic carbocycles. The summed E-state index contributed by atoms with van der Waals surface area (Å²) < 4.78 is 2.17. The van der Waals surface area contributed by atoms with Gasteiger partial charge in [-0.25, -0.2) is 0 Å². The first-order valence-electron chi connectivity index (χ1n) is 9.54. The summed E-state index contributed by atoms with van der Waals surface area (Å²) in [6.07, 6.45) is 3.08. The van der Waals surface area contributed by atoms with E-state index in [-0.39, 0.29) is 18.6 Å². The molecule has 1 aliphatic heterocycles. The number of rotatable bonds is 5. The van der Waals surface area contributed by atoms with Crippen LogP contribution in [0, 0.1) is 0 Å². The molecule has 144 valence electrons. The van der Waals surface area contributed by atoms with Crippen molar-refractivity contribution in [3.8, 4) is 0 Å². The normalized spacial score (nSPS) is 14.5. The summed E-state index contributed by atoms with van der Waals surface area (Å²) in [6, 6.07) is 17.9. The first-order chi connectivity index (χ1) is 13.6. The smallest absolute Gasteiger partial charge is 0.249 e. The summed E-state index contributed by atoms with van der Waals surface area (Å²) in [5.41, 5.74) is 4.12. The van der Waals surface area contributed by atoms with Crippen molar-refractivity contribution in [2.45, 2.75) is 18.9 Å². The van der Waals surface area contributed by atoms with Crippen LogP contribution in [0.15, 0.2) is 66.4 Å². The molecule has 5 nitrogen and oxygen atoms in total. The van der Waals surface area contributed by atoms with E-state index < -0.39 is 0 Å². The number of para-hydroxylation sites is 1. The van der Waals surface area contributed by atoms with Gasteiger partial charge in [0.25, 0.3) is 0 Å². The zero-order valence-corrected chi connectivity index (χ0v) is 16.2. The molecule has 2 N–H and O–H groups in total. The number of nitrogens with zero attached hydrogens (tertiary/aromatic N) is 2. The number of fused-ring (bicyclic) bond motifs is 3. The molecule has 1 amide bonds. The summed E-state index contributed by atoms with van der Waals surface area (Å²) in [6.45, 7) is -0.0940. The van der Waals surface area contributed by atoms with Crippen molar-refractivity contribution in [3.63, 3.8) is 0 Å². The topological polar surface area (TPSA) is 57.5 Å². The van der Waals surface area contributed by atoms with E-state index in [4.69, 9.17) is 0 Å². The molecular formula is C23H25N3O2. The zero-order valence-electron chi connectivity index (χ0n) is 16.2. The lowest BCUT2D eigenvalue weighted by Crippen LogP contribution is -2.41. The van der Waals surface area contributed by atoms with Gasteiger partial charge in [-0.3, -0.25) is 4.79 Å². The number of aromatic nitrogens is 1. The number of nitrogens with one attached hydrogen (secondary N) is 1. The predicted molar refractivity (Wildman–Crippen MR) is 112 cm³/mol. The minimum atomic E-state index is -0.310. The second-order valence-electron chi connectivity index (χ2n) is 7.36. The van der Waals surface area contributed by atoms with Gasteiger partial charge in [0.05, 0.1) is 12.6 Å². The second-order valence-corrected chi connectivity index (χ2v) is 7.36. The molecule has 5 heteroatoms. The molecular weight excluding hydrogens is 350 g/mol. The van der Waals surface area contributed by atoms with E-state index in [0.29, 0.717) is 18.4 Å². The number of amides is 1. The Bertz CT molecular complexity index is 1040. The van der Waals surface area contributed by atoms with Crippen molar-refractivity contribution < 1.29 is 9.90 Å². The Hall–Kier alpha value is -3.05. The highest BCUT2D eigenvalue weighted by Gasteiger charge is 2.26. The van der Waals surface area contributed by atoms with Gasteiger partial charge in [-0.15, -0.1) is 0 Å². The molecule has 1 atom stereocenters. The highest BCUT2D eigenvalue weighted by molar-refractivity contribution is 5.99. The van der Waals surface area contributed by atoms with E-state index in [0.717, 1.165) is 22.5 Å². The summed E-state index contributed by atoms with van der Waals surface area (Å²) in [5, 5.41) is 13.9. The average Bonchev–Trinajstić information content (AvgIpc) is 3.01. The van der Waals surface area contributed by atoms with E-state index in [1.165, 1.54) is 5.39 Å². The molecule has 1 aliphatic rings. The van der Waals surface area contributed by atoms with Crippen LogP contribution in [0.25, 0.3) is 10.9 Å². The van der Waals surface area contributed by atoms with E-state index in [1.54, 1.807) is 0 Å². The maximum atomic E-state index is 12.9. The Labute approximate surface area is 164 Å². The first kappa shape index (κ1) is 18.3. The van der Waals surface area contributed by atoms with Gasteiger partial charge in [-0.05, 0) is 18.1 Å². The van der Waals surface area contributed by atoms with E-state index in [1.807, 2.05) is 60.6 Å². The maximum Gasteiger partial charge on any atom is 0.249 e. The van der Waals surface area contributed by atoms with Crippen molar-refractivity contribution in [2.24, 2.45) is 7.05 Å². The predicted octanol–water partition coefficient (Wildman–Crippen LogP) is 2.77. The lowest BCUT2D eigenvalue weighted by atomic mass is 9.99. The quantitative estimate of drug-likeness (QED) is 0.721. The lowest BCUT2D eigenvalue weighted by Gasteiger charge is -2.25. The monoisotopic (exact) mass is 375 g/mol.